The van der Waals surface area contributed by atoms with Crippen molar-refractivity contribution in [1.82, 2.24) is 9.97 Å². The minimum atomic E-state index is -0.225. The Kier molecular flexibility index (Phi) is 3.31. The molecule has 2 aromatic heterocycles. The van der Waals surface area contributed by atoms with Gasteiger partial charge in [0.2, 0.25) is 0 Å². The maximum absolute atomic E-state index is 12.3. The molecule has 20 heavy (non-hydrogen) atoms. The average molecular weight is 284 g/mol. The summed E-state index contributed by atoms with van der Waals surface area (Å²) in [7, 11) is 0. The summed E-state index contributed by atoms with van der Waals surface area (Å²) >= 11 is 6.04. The topological polar surface area (TPSA) is 54.9 Å². The van der Waals surface area contributed by atoms with Crippen LogP contribution < -0.4 is 5.32 Å². The highest BCUT2D eigenvalue weighted by Gasteiger charge is 2.12. The number of hydrogen-bond donors (Lipinski definition) is 1. The number of aromatic nitrogens is 2. The van der Waals surface area contributed by atoms with Gasteiger partial charge in [0, 0.05) is 29.7 Å². The first-order chi connectivity index (χ1) is 9.75. The fraction of sp³-hybridized carbons (Fsp3) is 0. The summed E-state index contributed by atoms with van der Waals surface area (Å²) in [4.78, 5) is 20.3. The maximum atomic E-state index is 12.3. The van der Waals surface area contributed by atoms with Gasteiger partial charge in [-0.05, 0) is 17.5 Å². The van der Waals surface area contributed by atoms with Gasteiger partial charge in [-0.25, -0.2) is 4.98 Å². The van der Waals surface area contributed by atoms with Crippen LogP contribution in [0.1, 0.15) is 10.4 Å². The van der Waals surface area contributed by atoms with Crippen molar-refractivity contribution in [3.63, 3.8) is 0 Å². The van der Waals surface area contributed by atoms with Gasteiger partial charge in [-0.1, -0.05) is 35.9 Å². The predicted molar refractivity (Wildman–Crippen MR) is 78.9 cm³/mol. The summed E-state index contributed by atoms with van der Waals surface area (Å²) < 4.78 is 0. The normalized spacial score (nSPS) is 10.4. The first kappa shape index (κ1) is 12.6. The summed E-state index contributed by atoms with van der Waals surface area (Å²) in [5.41, 5.74) is 1.17. The molecule has 0 saturated carbocycles. The molecule has 0 unspecified atom stereocenters. The van der Waals surface area contributed by atoms with Crippen molar-refractivity contribution in [2.24, 2.45) is 0 Å². The zero-order valence-electron chi connectivity index (χ0n) is 10.4. The first-order valence-corrected chi connectivity index (χ1v) is 6.38. The molecule has 2 heterocycles. The molecule has 0 fully saturated rings. The number of nitrogens with one attached hydrogen (secondary N) is 1. The number of rotatable bonds is 2. The van der Waals surface area contributed by atoms with E-state index in [1.165, 1.54) is 6.20 Å². The first-order valence-electron chi connectivity index (χ1n) is 6.00. The number of hydrogen-bond acceptors (Lipinski definition) is 3. The van der Waals surface area contributed by atoms with Gasteiger partial charge in [0.15, 0.2) is 0 Å². The fourth-order valence-electron chi connectivity index (χ4n) is 1.97. The highest BCUT2D eigenvalue weighted by Crippen LogP contribution is 2.24. The van der Waals surface area contributed by atoms with Crippen molar-refractivity contribution in [2.45, 2.75) is 0 Å². The third-order valence-electron chi connectivity index (χ3n) is 2.93. The molecule has 0 saturated heterocycles. The van der Waals surface area contributed by atoms with Crippen LogP contribution in [0.15, 0.2) is 55.0 Å². The third kappa shape index (κ3) is 2.33. The zero-order chi connectivity index (χ0) is 13.9. The van der Waals surface area contributed by atoms with Crippen LogP contribution in [0.5, 0.6) is 0 Å². The second-order valence-electron chi connectivity index (χ2n) is 4.20. The van der Waals surface area contributed by atoms with E-state index in [1.807, 2.05) is 24.3 Å². The lowest BCUT2D eigenvalue weighted by molar-refractivity contribution is 0.102. The highest BCUT2D eigenvalue weighted by atomic mass is 35.5. The molecule has 0 spiro atoms. The van der Waals surface area contributed by atoms with Crippen molar-refractivity contribution in [2.75, 3.05) is 5.32 Å². The van der Waals surface area contributed by atoms with E-state index in [4.69, 9.17) is 11.6 Å². The summed E-state index contributed by atoms with van der Waals surface area (Å²) in [6.45, 7) is 0. The second kappa shape index (κ2) is 5.27. The van der Waals surface area contributed by atoms with Crippen LogP contribution in [-0.4, -0.2) is 15.9 Å². The minimum Gasteiger partial charge on any atom is -0.322 e. The Labute approximate surface area is 120 Å². The predicted octanol–water partition coefficient (Wildman–Crippen LogP) is 3.54. The lowest BCUT2D eigenvalue weighted by Gasteiger charge is -2.08. The van der Waals surface area contributed by atoms with Gasteiger partial charge in [-0.3, -0.25) is 9.78 Å². The maximum Gasteiger partial charge on any atom is 0.257 e. The number of carbonyl (C=O) groups excluding carboxylic acids is 1. The number of amides is 1. The van der Waals surface area contributed by atoms with Crippen molar-refractivity contribution < 1.29 is 4.79 Å². The van der Waals surface area contributed by atoms with E-state index < -0.39 is 0 Å². The quantitative estimate of drug-likeness (QED) is 0.732. The van der Waals surface area contributed by atoms with Crippen molar-refractivity contribution >= 4 is 34.0 Å². The fourth-order valence-corrected chi connectivity index (χ4v) is 2.19. The van der Waals surface area contributed by atoms with Gasteiger partial charge in [0.25, 0.3) is 5.91 Å². The van der Waals surface area contributed by atoms with Gasteiger partial charge < -0.3 is 5.32 Å². The van der Waals surface area contributed by atoms with E-state index in [9.17, 15) is 4.79 Å². The van der Waals surface area contributed by atoms with E-state index in [0.29, 0.717) is 16.4 Å². The van der Waals surface area contributed by atoms with Gasteiger partial charge in [-0.15, -0.1) is 0 Å². The molecule has 98 valence electrons. The largest absolute Gasteiger partial charge is 0.322 e. The molecule has 0 aliphatic rings. The molecule has 3 aromatic rings. The van der Waals surface area contributed by atoms with Crippen LogP contribution in [0, 0.1) is 0 Å². The molecular weight excluding hydrogens is 274 g/mol. The van der Waals surface area contributed by atoms with Crippen molar-refractivity contribution in [1.29, 1.82) is 0 Å². The van der Waals surface area contributed by atoms with Gasteiger partial charge in [-0.2, -0.15) is 0 Å². The van der Waals surface area contributed by atoms with E-state index in [-0.39, 0.29) is 5.91 Å². The second-order valence-corrected chi connectivity index (χ2v) is 4.56. The SMILES string of the molecule is O=C(Nc1ccncc1)c1cnc(Cl)c2ccccc12. The summed E-state index contributed by atoms with van der Waals surface area (Å²) in [5, 5.41) is 4.74. The number of anilines is 1. The number of pyridine rings is 2. The van der Waals surface area contributed by atoms with Gasteiger partial charge >= 0.3 is 0 Å². The van der Waals surface area contributed by atoms with Crippen molar-refractivity contribution in [3.05, 3.63) is 65.7 Å². The number of halogens is 1. The molecule has 0 atom stereocenters. The lowest BCUT2D eigenvalue weighted by atomic mass is 10.1. The Morgan fingerprint density at radius 3 is 2.50 bits per heavy atom. The molecule has 3 rings (SSSR count). The van der Waals surface area contributed by atoms with Gasteiger partial charge in [0.1, 0.15) is 5.15 Å². The number of fused-ring (bicyclic) bond motifs is 1. The zero-order valence-corrected chi connectivity index (χ0v) is 11.1. The van der Waals surface area contributed by atoms with Crippen LogP contribution >= 0.6 is 11.6 Å². The smallest absolute Gasteiger partial charge is 0.257 e. The van der Waals surface area contributed by atoms with Crippen LogP contribution in [0.2, 0.25) is 5.15 Å². The number of benzene rings is 1. The molecule has 1 amide bonds. The number of carbonyl (C=O) groups is 1. The lowest BCUT2D eigenvalue weighted by Crippen LogP contribution is -2.12. The average Bonchev–Trinajstić information content (AvgIpc) is 2.49. The van der Waals surface area contributed by atoms with Crippen LogP contribution in [0.3, 0.4) is 0 Å². The third-order valence-corrected chi connectivity index (χ3v) is 3.23. The monoisotopic (exact) mass is 283 g/mol. The molecule has 0 aliphatic heterocycles. The molecule has 1 aromatic carbocycles. The molecule has 0 aliphatic carbocycles. The Morgan fingerprint density at radius 1 is 1.05 bits per heavy atom. The molecule has 0 bridgehead atoms. The van der Waals surface area contributed by atoms with Crippen LogP contribution in [-0.2, 0) is 0 Å². The molecule has 4 nitrogen and oxygen atoms in total. The number of nitrogens with zero attached hydrogens (tertiary/aromatic N) is 2. The molecule has 0 radical (unpaired) electrons. The summed E-state index contributed by atoms with van der Waals surface area (Å²) in [6.07, 6.45) is 4.73. The van der Waals surface area contributed by atoms with E-state index in [1.54, 1.807) is 24.5 Å². The van der Waals surface area contributed by atoms with E-state index in [0.717, 1.165) is 10.8 Å². The standard InChI is InChI=1S/C15H10ClN3O/c16-14-12-4-2-1-3-11(12)13(9-18-14)15(20)19-10-5-7-17-8-6-10/h1-9H,(H,17,19,20). The van der Waals surface area contributed by atoms with Crippen LogP contribution in [0.25, 0.3) is 10.8 Å². The van der Waals surface area contributed by atoms with E-state index in [2.05, 4.69) is 15.3 Å². The Bertz CT molecular complexity index is 774. The minimum absolute atomic E-state index is 0.225. The summed E-state index contributed by atoms with van der Waals surface area (Å²) in [6, 6.07) is 10.9. The summed E-state index contributed by atoms with van der Waals surface area (Å²) in [5.74, 6) is -0.225. The van der Waals surface area contributed by atoms with Gasteiger partial charge in [0.05, 0.1) is 5.56 Å². The Hall–Kier alpha value is -2.46. The Balaban J connectivity index is 2.02. The Morgan fingerprint density at radius 2 is 1.75 bits per heavy atom. The molecule has 1 N–H and O–H groups in total. The van der Waals surface area contributed by atoms with Crippen LogP contribution in [0.4, 0.5) is 5.69 Å². The van der Waals surface area contributed by atoms with E-state index >= 15 is 0 Å². The highest BCUT2D eigenvalue weighted by molar-refractivity contribution is 6.35. The molecule has 5 heteroatoms. The molecular formula is C15H10ClN3O. The van der Waals surface area contributed by atoms with Crippen molar-refractivity contribution in [3.8, 4) is 0 Å².